The van der Waals surface area contributed by atoms with Gasteiger partial charge in [0.15, 0.2) is 0 Å². The largest absolute Gasteiger partial charge is 0.489 e. The van der Waals surface area contributed by atoms with Gasteiger partial charge >= 0.3 is 0 Å². The molecule has 0 atom stereocenters. The van der Waals surface area contributed by atoms with Crippen molar-refractivity contribution in [2.75, 3.05) is 0 Å². The summed E-state index contributed by atoms with van der Waals surface area (Å²) in [5.41, 5.74) is 6.17. The lowest BCUT2D eigenvalue weighted by Gasteiger charge is -2.06. The third kappa shape index (κ3) is 5.05. The predicted octanol–water partition coefficient (Wildman–Crippen LogP) is 4.34. The highest BCUT2D eigenvalue weighted by Gasteiger charge is 2.03. The van der Waals surface area contributed by atoms with Gasteiger partial charge in [-0.25, -0.2) is 5.43 Å². The monoisotopic (exact) mass is 344 g/mol. The lowest BCUT2D eigenvalue weighted by Crippen LogP contribution is -2.17. The molecule has 0 aliphatic heterocycles. The Labute approximate surface area is 153 Å². The number of rotatable bonds is 6. The standard InChI is InChI=1S/C22H20N2O2/c1-17-10-12-20(13-11-17)22(25)24-23-15-19-8-5-9-21(14-19)26-16-18-6-3-2-4-7-18/h2-15H,16H2,1H3,(H,24,25)/b23-15+. The number of aryl methyl sites for hydroxylation is 1. The lowest BCUT2D eigenvalue weighted by molar-refractivity contribution is 0.0955. The topological polar surface area (TPSA) is 50.7 Å². The summed E-state index contributed by atoms with van der Waals surface area (Å²) in [4.78, 5) is 12.0. The Hall–Kier alpha value is -3.40. The minimum atomic E-state index is -0.238. The van der Waals surface area contributed by atoms with Crippen molar-refractivity contribution in [3.05, 3.63) is 101 Å². The van der Waals surface area contributed by atoms with Gasteiger partial charge < -0.3 is 4.74 Å². The van der Waals surface area contributed by atoms with Gasteiger partial charge in [-0.1, -0.05) is 60.2 Å². The second-order valence-corrected chi connectivity index (χ2v) is 5.91. The SMILES string of the molecule is Cc1ccc(C(=O)N/N=C/c2cccc(OCc3ccccc3)c2)cc1. The highest BCUT2D eigenvalue weighted by molar-refractivity contribution is 5.94. The Morgan fingerprint density at radius 3 is 2.54 bits per heavy atom. The first-order valence-electron chi connectivity index (χ1n) is 8.37. The first kappa shape index (κ1) is 17.4. The number of nitrogens with one attached hydrogen (secondary N) is 1. The van der Waals surface area contributed by atoms with E-state index in [0.29, 0.717) is 12.2 Å². The predicted molar refractivity (Wildman–Crippen MR) is 103 cm³/mol. The van der Waals surface area contributed by atoms with Crippen molar-refractivity contribution in [1.29, 1.82) is 0 Å². The fourth-order valence-corrected chi connectivity index (χ4v) is 2.36. The molecule has 0 spiro atoms. The van der Waals surface area contributed by atoms with E-state index in [-0.39, 0.29) is 5.91 Å². The molecule has 3 aromatic rings. The van der Waals surface area contributed by atoms with Gasteiger partial charge in [-0.2, -0.15) is 5.10 Å². The molecule has 0 aliphatic rings. The van der Waals surface area contributed by atoms with Crippen molar-refractivity contribution >= 4 is 12.1 Å². The fourth-order valence-electron chi connectivity index (χ4n) is 2.36. The van der Waals surface area contributed by atoms with Gasteiger partial charge in [0, 0.05) is 5.56 Å². The summed E-state index contributed by atoms with van der Waals surface area (Å²) in [6.45, 7) is 2.48. The normalized spacial score (nSPS) is 10.7. The van der Waals surface area contributed by atoms with E-state index >= 15 is 0 Å². The van der Waals surface area contributed by atoms with Gasteiger partial charge in [-0.05, 0) is 42.3 Å². The maximum atomic E-state index is 12.0. The summed E-state index contributed by atoms with van der Waals surface area (Å²) in [5.74, 6) is 0.514. The third-order valence-corrected chi connectivity index (χ3v) is 3.80. The number of nitrogens with zero attached hydrogens (tertiary/aromatic N) is 1. The van der Waals surface area contributed by atoms with Crippen LogP contribution in [0, 0.1) is 6.92 Å². The zero-order valence-corrected chi connectivity index (χ0v) is 14.6. The average molecular weight is 344 g/mol. The minimum Gasteiger partial charge on any atom is -0.489 e. The van der Waals surface area contributed by atoms with Crippen molar-refractivity contribution in [1.82, 2.24) is 5.43 Å². The molecule has 4 heteroatoms. The number of amides is 1. The first-order valence-corrected chi connectivity index (χ1v) is 8.37. The van der Waals surface area contributed by atoms with Crippen LogP contribution >= 0.6 is 0 Å². The molecule has 0 aliphatic carbocycles. The molecular weight excluding hydrogens is 324 g/mol. The van der Waals surface area contributed by atoms with E-state index in [1.165, 1.54) is 0 Å². The third-order valence-electron chi connectivity index (χ3n) is 3.80. The summed E-state index contributed by atoms with van der Waals surface area (Å²) in [7, 11) is 0. The second kappa shape index (κ2) is 8.62. The maximum Gasteiger partial charge on any atom is 0.271 e. The van der Waals surface area contributed by atoms with Crippen molar-refractivity contribution in [2.24, 2.45) is 5.10 Å². The van der Waals surface area contributed by atoms with Crippen molar-refractivity contribution in [2.45, 2.75) is 13.5 Å². The highest BCUT2D eigenvalue weighted by Crippen LogP contribution is 2.14. The van der Waals surface area contributed by atoms with Crippen LogP contribution in [0.3, 0.4) is 0 Å². The summed E-state index contributed by atoms with van der Waals surface area (Å²) in [6.07, 6.45) is 1.60. The molecule has 0 saturated heterocycles. The summed E-state index contributed by atoms with van der Waals surface area (Å²) in [5, 5.41) is 4.02. The Bertz CT molecular complexity index is 888. The fraction of sp³-hybridized carbons (Fsp3) is 0.0909. The molecule has 4 nitrogen and oxygen atoms in total. The molecule has 0 radical (unpaired) electrons. The van der Waals surface area contributed by atoms with Gasteiger partial charge in [0.2, 0.25) is 0 Å². The van der Waals surface area contributed by atoms with Crippen LogP contribution in [-0.4, -0.2) is 12.1 Å². The molecule has 0 unspecified atom stereocenters. The number of ether oxygens (including phenoxy) is 1. The molecule has 0 aromatic heterocycles. The van der Waals surface area contributed by atoms with Gasteiger partial charge in [-0.3, -0.25) is 4.79 Å². The van der Waals surface area contributed by atoms with Crippen LogP contribution in [0.15, 0.2) is 84.0 Å². The number of benzene rings is 3. The number of hydrogen-bond acceptors (Lipinski definition) is 3. The van der Waals surface area contributed by atoms with Crippen molar-refractivity contribution in [3.8, 4) is 5.75 Å². The number of carbonyl (C=O) groups is 1. The molecule has 0 heterocycles. The molecule has 26 heavy (non-hydrogen) atoms. The molecule has 0 bridgehead atoms. The Balaban J connectivity index is 1.56. The van der Waals surface area contributed by atoms with Crippen LogP contribution in [-0.2, 0) is 6.61 Å². The van der Waals surface area contributed by atoms with E-state index in [1.807, 2.05) is 73.7 Å². The van der Waals surface area contributed by atoms with Gasteiger partial charge in [0.1, 0.15) is 12.4 Å². The van der Waals surface area contributed by atoms with Crippen LogP contribution in [0.4, 0.5) is 0 Å². The molecule has 3 rings (SSSR count). The summed E-state index contributed by atoms with van der Waals surface area (Å²) >= 11 is 0. The smallest absolute Gasteiger partial charge is 0.271 e. The van der Waals surface area contributed by atoms with Gasteiger partial charge in [0.05, 0.1) is 6.21 Å². The maximum absolute atomic E-state index is 12.0. The van der Waals surface area contributed by atoms with Crippen LogP contribution < -0.4 is 10.2 Å². The lowest BCUT2D eigenvalue weighted by atomic mass is 10.1. The number of hydrogen-bond donors (Lipinski definition) is 1. The zero-order chi connectivity index (χ0) is 18.2. The Morgan fingerprint density at radius 2 is 1.77 bits per heavy atom. The molecule has 130 valence electrons. The summed E-state index contributed by atoms with van der Waals surface area (Å²) in [6, 6.07) is 24.9. The molecule has 0 fully saturated rings. The van der Waals surface area contributed by atoms with E-state index in [1.54, 1.807) is 18.3 Å². The summed E-state index contributed by atoms with van der Waals surface area (Å²) < 4.78 is 5.79. The molecule has 3 aromatic carbocycles. The van der Waals surface area contributed by atoms with Crippen LogP contribution in [0.25, 0.3) is 0 Å². The van der Waals surface area contributed by atoms with Crippen LogP contribution in [0.5, 0.6) is 5.75 Å². The van der Waals surface area contributed by atoms with Crippen LogP contribution in [0.1, 0.15) is 27.0 Å². The van der Waals surface area contributed by atoms with Crippen molar-refractivity contribution < 1.29 is 9.53 Å². The van der Waals surface area contributed by atoms with Crippen molar-refractivity contribution in [3.63, 3.8) is 0 Å². The quantitative estimate of drug-likeness (QED) is 0.534. The Morgan fingerprint density at radius 1 is 1.00 bits per heavy atom. The number of carbonyl (C=O) groups excluding carboxylic acids is 1. The number of hydrazone groups is 1. The molecular formula is C22H20N2O2. The van der Waals surface area contributed by atoms with E-state index < -0.39 is 0 Å². The molecule has 1 amide bonds. The molecule has 1 N–H and O–H groups in total. The van der Waals surface area contributed by atoms with Gasteiger partial charge in [0.25, 0.3) is 5.91 Å². The zero-order valence-electron chi connectivity index (χ0n) is 14.6. The average Bonchev–Trinajstić information content (AvgIpc) is 2.68. The van der Waals surface area contributed by atoms with Gasteiger partial charge in [-0.15, -0.1) is 0 Å². The van der Waals surface area contributed by atoms with Crippen LogP contribution in [0.2, 0.25) is 0 Å². The second-order valence-electron chi connectivity index (χ2n) is 5.91. The van der Waals surface area contributed by atoms with E-state index in [9.17, 15) is 4.79 Å². The van der Waals surface area contributed by atoms with E-state index in [4.69, 9.17) is 4.74 Å². The first-order chi connectivity index (χ1) is 12.7. The Kier molecular flexibility index (Phi) is 5.78. The minimum absolute atomic E-state index is 0.238. The highest BCUT2D eigenvalue weighted by atomic mass is 16.5. The molecule has 0 saturated carbocycles. The van der Waals surface area contributed by atoms with E-state index in [0.717, 1.165) is 22.4 Å². The van der Waals surface area contributed by atoms with E-state index in [2.05, 4.69) is 10.5 Å².